The maximum Gasteiger partial charge on any atom is 0.251 e. The third-order valence-electron chi connectivity index (χ3n) is 5.25. The van der Waals surface area contributed by atoms with Crippen molar-refractivity contribution in [3.05, 3.63) is 76.9 Å². The van der Waals surface area contributed by atoms with Crippen LogP contribution in [0.3, 0.4) is 0 Å². The Morgan fingerprint density at radius 1 is 1.10 bits per heavy atom. The van der Waals surface area contributed by atoms with E-state index in [0.717, 1.165) is 43.0 Å². The molecule has 1 aromatic heterocycles. The summed E-state index contributed by atoms with van der Waals surface area (Å²) in [6.07, 6.45) is 3.45. The normalized spacial score (nSPS) is 14.4. The molecular weight excluding hydrogens is 398 g/mol. The lowest BCUT2D eigenvalue weighted by Gasteiger charge is -2.32. The number of benzene rings is 2. The van der Waals surface area contributed by atoms with Gasteiger partial charge in [-0.3, -0.25) is 4.79 Å². The maximum absolute atomic E-state index is 12.4. The summed E-state index contributed by atoms with van der Waals surface area (Å²) in [5.41, 5.74) is 2.78. The van der Waals surface area contributed by atoms with E-state index in [2.05, 4.69) is 38.5 Å². The van der Waals surface area contributed by atoms with Crippen molar-refractivity contribution in [2.24, 2.45) is 0 Å². The molecule has 1 fully saturated rings. The Balaban J connectivity index is 1.35. The largest absolute Gasteiger partial charge is 0.349 e. The fourth-order valence-electron chi connectivity index (χ4n) is 3.54. The minimum atomic E-state index is -0.0865. The maximum atomic E-state index is 12.4. The number of para-hydroxylation sites is 1. The molecule has 2 aromatic carbocycles. The van der Waals surface area contributed by atoms with Gasteiger partial charge in [0.25, 0.3) is 5.91 Å². The summed E-state index contributed by atoms with van der Waals surface area (Å²) in [4.78, 5) is 23.7. The summed E-state index contributed by atoms with van der Waals surface area (Å²) in [6.45, 7) is 3.63. The first-order valence-electron chi connectivity index (χ1n) is 10.1. The van der Waals surface area contributed by atoms with E-state index in [1.54, 1.807) is 30.5 Å². The van der Waals surface area contributed by atoms with Crippen molar-refractivity contribution in [2.75, 3.05) is 23.3 Å². The van der Waals surface area contributed by atoms with Gasteiger partial charge in [-0.1, -0.05) is 35.9 Å². The van der Waals surface area contributed by atoms with E-state index < -0.39 is 0 Å². The van der Waals surface area contributed by atoms with Gasteiger partial charge < -0.3 is 15.5 Å². The van der Waals surface area contributed by atoms with Gasteiger partial charge in [-0.25, -0.2) is 4.98 Å². The molecule has 1 aliphatic rings. The van der Waals surface area contributed by atoms with Gasteiger partial charge in [0.1, 0.15) is 5.82 Å². The molecule has 3 aromatic rings. The first kappa shape index (κ1) is 20.2. The highest BCUT2D eigenvalue weighted by atomic mass is 35.5. The molecule has 0 radical (unpaired) electrons. The lowest BCUT2D eigenvalue weighted by molar-refractivity contribution is 0.0931. The number of rotatable bonds is 5. The van der Waals surface area contributed by atoms with Crippen LogP contribution in [0.4, 0.5) is 17.5 Å². The van der Waals surface area contributed by atoms with Crippen molar-refractivity contribution in [1.82, 2.24) is 15.3 Å². The van der Waals surface area contributed by atoms with Crippen LogP contribution in [0, 0.1) is 6.92 Å². The van der Waals surface area contributed by atoms with Gasteiger partial charge in [0.15, 0.2) is 0 Å². The van der Waals surface area contributed by atoms with E-state index >= 15 is 0 Å². The topological polar surface area (TPSA) is 70.2 Å². The third-order valence-corrected chi connectivity index (χ3v) is 5.49. The minimum absolute atomic E-state index is 0.0865. The summed E-state index contributed by atoms with van der Waals surface area (Å²) >= 11 is 5.99. The van der Waals surface area contributed by atoms with Crippen molar-refractivity contribution < 1.29 is 4.79 Å². The van der Waals surface area contributed by atoms with E-state index in [-0.39, 0.29) is 11.9 Å². The van der Waals surface area contributed by atoms with Gasteiger partial charge in [0.2, 0.25) is 5.95 Å². The number of hydrogen-bond acceptors (Lipinski definition) is 5. The van der Waals surface area contributed by atoms with Crippen LogP contribution in [-0.4, -0.2) is 35.0 Å². The van der Waals surface area contributed by atoms with Crippen LogP contribution in [0.2, 0.25) is 5.02 Å². The van der Waals surface area contributed by atoms with Crippen LogP contribution in [-0.2, 0) is 0 Å². The number of aryl methyl sites for hydroxylation is 1. The van der Waals surface area contributed by atoms with Gasteiger partial charge in [0, 0.05) is 41.6 Å². The van der Waals surface area contributed by atoms with E-state index in [0.29, 0.717) is 16.5 Å². The molecule has 2 heterocycles. The second-order valence-electron chi connectivity index (χ2n) is 7.43. The standard InChI is InChI=1S/C23H24ClN5O/c1-16-5-2-3-8-20(16)27-21-9-12-25-23(28-21)29-13-10-19(11-14-29)26-22(30)17-6-4-7-18(24)15-17/h2-9,12,15,19H,10-11,13-14H2,1H3,(H,26,30)(H,25,27,28). The molecule has 1 saturated heterocycles. The first-order valence-corrected chi connectivity index (χ1v) is 10.4. The van der Waals surface area contributed by atoms with E-state index in [9.17, 15) is 4.79 Å². The van der Waals surface area contributed by atoms with Gasteiger partial charge in [0.05, 0.1) is 0 Å². The fraction of sp³-hybridized carbons (Fsp3) is 0.261. The number of nitrogens with one attached hydrogen (secondary N) is 2. The highest BCUT2D eigenvalue weighted by molar-refractivity contribution is 6.30. The minimum Gasteiger partial charge on any atom is -0.349 e. The molecule has 6 nitrogen and oxygen atoms in total. The van der Waals surface area contributed by atoms with Crippen molar-refractivity contribution in [3.63, 3.8) is 0 Å². The molecule has 30 heavy (non-hydrogen) atoms. The molecule has 1 amide bonds. The zero-order valence-corrected chi connectivity index (χ0v) is 17.6. The second kappa shape index (κ2) is 9.13. The van der Waals surface area contributed by atoms with Crippen molar-refractivity contribution >= 4 is 35.0 Å². The van der Waals surface area contributed by atoms with Crippen LogP contribution >= 0.6 is 11.6 Å². The molecule has 154 valence electrons. The third kappa shape index (κ3) is 4.89. The summed E-state index contributed by atoms with van der Waals surface area (Å²) in [5.74, 6) is 1.38. The van der Waals surface area contributed by atoms with Gasteiger partial charge >= 0.3 is 0 Å². The Morgan fingerprint density at radius 3 is 2.67 bits per heavy atom. The average molecular weight is 422 g/mol. The van der Waals surface area contributed by atoms with Crippen LogP contribution in [0.5, 0.6) is 0 Å². The summed E-state index contributed by atoms with van der Waals surface area (Å²) < 4.78 is 0. The summed E-state index contributed by atoms with van der Waals surface area (Å²) in [6, 6.07) is 17.1. The number of anilines is 3. The van der Waals surface area contributed by atoms with Gasteiger partial charge in [-0.2, -0.15) is 4.98 Å². The fourth-order valence-corrected chi connectivity index (χ4v) is 3.73. The number of halogens is 1. The highest BCUT2D eigenvalue weighted by Crippen LogP contribution is 2.22. The van der Waals surface area contributed by atoms with E-state index in [1.807, 2.05) is 24.3 Å². The number of hydrogen-bond donors (Lipinski definition) is 2. The monoisotopic (exact) mass is 421 g/mol. The number of aromatic nitrogens is 2. The Bertz CT molecular complexity index is 1030. The molecule has 0 aliphatic carbocycles. The van der Waals surface area contributed by atoms with Crippen molar-refractivity contribution in [3.8, 4) is 0 Å². The Labute approximate surface area is 181 Å². The smallest absolute Gasteiger partial charge is 0.251 e. The highest BCUT2D eigenvalue weighted by Gasteiger charge is 2.23. The Kier molecular flexibility index (Phi) is 6.14. The molecule has 4 rings (SSSR count). The Hall–Kier alpha value is -3.12. The molecule has 7 heteroatoms. The van der Waals surface area contributed by atoms with Crippen LogP contribution in [0.15, 0.2) is 60.8 Å². The molecule has 0 atom stereocenters. The molecular formula is C23H24ClN5O. The van der Waals surface area contributed by atoms with Crippen LogP contribution in [0.25, 0.3) is 0 Å². The molecule has 0 spiro atoms. The molecule has 0 saturated carbocycles. The average Bonchev–Trinajstić information content (AvgIpc) is 2.76. The molecule has 2 N–H and O–H groups in total. The first-order chi connectivity index (χ1) is 14.6. The molecule has 0 unspecified atom stereocenters. The predicted octanol–water partition coefficient (Wildman–Crippen LogP) is 4.58. The summed E-state index contributed by atoms with van der Waals surface area (Å²) in [5, 5.41) is 7.03. The number of amides is 1. The molecule has 0 bridgehead atoms. The zero-order chi connectivity index (χ0) is 20.9. The Morgan fingerprint density at radius 2 is 1.90 bits per heavy atom. The zero-order valence-electron chi connectivity index (χ0n) is 16.8. The lowest BCUT2D eigenvalue weighted by atomic mass is 10.0. The SMILES string of the molecule is Cc1ccccc1Nc1ccnc(N2CCC(NC(=O)c3cccc(Cl)c3)CC2)n1. The predicted molar refractivity (Wildman–Crippen MR) is 121 cm³/mol. The number of carbonyl (C=O) groups is 1. The van der Waals surface area contributed by atoms with Gasteiger partial charge in [-0.15, -0.1) is 0 Å². The number of carbonyl (C=O) groups excluding carboxylic acids is 1. The number of nitrogens with zero attached hydrogens (tertiary/aromatic N) is 3. The van der Waals surface area contributed by atoms with E-state index in [1.165, 1.54) is 0 Å². The lowest BCUT2D eigenvalue weighted by Crippen LogP contribution is -2.45. The number of piperidine rings is 1. The quantitative estimate of drug-likeness (QED) is 0.631. The molecule has 1 aliphatic heterocycles. The van der Waals surface area contributed by atoms with Crippen molar-refractivity contribution in [1.29, 1.82) is 0 Å². The van der Waals surface area contributed by atoms with E-state index in [4.69, 9.17) is 11.6 Å². The van der Waals surface area contributed by atoms with Gasteiger partial charge in [-0.05, 0) is 55.7 Å². The summed E-state index contributed by atoms with van der Waals surface area (Å²) in [7, 11) is 0. The van der Waals surface area contributed by atoms with Crippen molar-refractivity contribution in [2.45, 2.75) is 25.8 Å². The van der Waals surface area contributed by atoms with Crippen LogP contribution < -0.4 is 15.5 Å². The van der Waals surface area contributed by atoms with Crippen LogP contribution in [0.1, 0.15) is 28.8 Å². The second-order valence-corrected chi connectivity index (χ2v) is 7.86.